The normalized spacial score (nSPS) is 31.5. The van der Waals surface area contributed by atoms with Crippen molar-refractivity contribution in [3.8, 4) is 0 Å². The van der Waals surface area contributed by atoms with Crippen LogP contribution in [0.4, 0.5) is 8.78 Å². The summed E-state index contributed by atoms with van der Waals surface area (Å²) in [6.07, 6.45) is -0.998. The summed E-state index contributed by atoms with van der Waals surface area (Å²) in [4.78, 5) is 13.5. The van der Waals surface area contributed by atoms with Gasteiger partial charge < -0.3 is 10.2 Å². The zero-order valence-electron chi connectivity index (χ0n) is 8.59. The molecule has 2 atom stereocenters. The highest BCUT2D eigenvalue weighted by molar-refractivity contribution is 5.79. The van der Waals surface area contributed by atoms with Crippen LogP contribution in [0.2, 0.25) is 0 Å². The molecule has 2 aliphatic rings. The van der Waals surface area contributed by atoms with Crippen LogP contribution >= 0.6 is 0 Å². The van der Waals surface area contributed by atoms with Crippen molar-refractivity contribution in [2.24, 2.45) is 11.8 Å². The van der Waals surface area contributed by atoms with Gasteiger partial charge in [0, 0.05) is 25.6 Å². The maximum absolute atomic E-state index is 12.4. The molecule has 15 heavy (non-hydrogen) atoms. The number of nitrogens with one attached hydrogen (secondary N) is 1. The molecule has 0 spiro atoms. The average Bonchev–Trinajstić information content (AvgIpc) is 2.88. The molecular weight excluding hydrogens is 202 g/mol. The highest BCUT2D eigenvalue weighted by atomic mass is 19.3. The largest absolute Gasteiger partial charge is 0.342 e. The fraction of sp³-hybridized carbons (Fsp3) is 0.900. The summed E-state index contributed by atoms with van der Waals surface area (Å²) in [5.41, 5.74) is 0. The Bertz CT molecular complexity index is 242. The molecule has 0 aromatic rings. The number of rotatable bonds is 2. The van der Waals surface area contributed by atoms with Gasteiger partial charge in [0.15, 0.2) is 0 Å². The van der Waals surface area contributed by atoms with Crippen LogP contribution < -0.4 is 5.32 Å². The predicted molar refractivity (Wildman–Crippen MR) is 51.7 cm³/mol. The molecule has 0 aromatic heterocycles. The second-order valence-corrected chi connectivity index (χ2v) is 4.36. The molecule has 86 valence electrons. The van der Waals surface area contributed by atoms with Crippen LogP contribution in [0.15, 0.2) is 0 Å². The number of hydrogen-bond acceptors (Lipinski definition) is 2. The van der Waals surface area contributed by atoms with Crippen molar-refractivity contribution < 1.29 is 13.6 Å². The van der Waals surface area contributed by atoms with E-state index in [4.69, 9.17) is 0 Å². The Kier molecular flexibility index (Phi) is 3.19. The first-order chi connectivity index (χ1) is 7.18. The Balaban J connectivity index is 1.87. The molecule has 2 fully saturated rings. The predicted octanol–water partition coefficient (Wildman–Crippen LogP) is 0.710. The van der Waals surface area contributed by atoms with Crippen LogP contribution in [0.3, 0.4) is 0 Å². The standard InChI is InChI=1S/C10H16F2N2O/c11-9(12)8-2-4-14(6-8)10(15)7-1-3-13-5-7/h7-9,13H,1-6H2/t7-,8-/m0/s1. The van der Waals surface area contributed by atoms with E-state index < -0.39 is 12.3 Å². The zero-order valence-corrected chi connectivity index (χ0v) is 8.59. The van der Waals surface area contributed by atoms with Crippen LogP contribution in [0.1, 0.15) is 12.8 Å². The molecule has 2 rings (SSSR count). The smallest absolute Gasteiger partial charge is 0.243 e. The Morgan fingerprint density at radius 1 is 1.40 bits per heavy atom. The van der Waals surface area contributed by atoms with Gasteiger partial charge in [-0.05, 0) is 19.4 Å². The molecule has 2 saturated heterocycles. The molecule has 0 aliphatic carbocycles. The first kappa shape index (κ1) is 10.8. The van der Waals surface area contributed by atoms with Gasteiger partial charge in [-0.15, -0.1) is 0 Å². The van der Waals surface area contributed by atoms with Crippen LogP contribution in [0.25, 0.3) is 0 Å². The van der Waals surface area contributed by atoms with Gasteiger partial charge in [0.2, 0.25) is 12.3 Å². The molecule has 2 heterocycles. The summed E-state index contributed by atoms with van der Waals surface area (Å²) in [6, 6.07) is 0. The highest BCUT2D eigenvalue weighted by Crippen LogP contribution is 2.25. The fourth-order valence-corrected chi connectivity index (χ4v) is 2.32. The first-order valence-corrected chi connectivity index (χ1v) is 5.46. The molecular formula is C10H16F2N2O. The molecule has 1 N–H and O–H groups in total. The number of carbonyl (C=O) groups is 1. The number of carbonyl (C=O) groups excluding carboxylic acids is 1. The topological polar surface area (TPSA) is 32.3 Å². The minimum atomic E-state index is -2.29. The SMILES string of the molecule is O=C([C@H]1CCNC1)N1CC[C@H](C(F)F)C1. The minimum Gasteiger partial charge on any atom is -0.342 e. The fourth-order valence-electron chi connectivity index (χ4n) is 2.32. The van der Waals surface area contributed by atoms with Crippen LogP contribution in [-0.4, -0.2) is 43.4 Å². The van der Waals surface area contributed by atoms with Gasteiger partial charge in [0.05, 0.1) is 5.92 Å². The molecule has 2 aliphatic heterocycles. The summed E-state index contributed by atoms with van der Waals surface area (Å²) in [5.74, 6) is -0.534. The highest BCUT2D eigenvalue weighted by Gasteiger charge is 2.35. The van der Waals surface area contributed by atoms with Crippen LogP contribution in [0.5, 0.6) is 0 Å². The number of halogens is 2. The summed E-state index contributed by atoms with van der Waals surface area (Å²) in [5, 5.41) is 3.12. The quantitative estimate of drug-likeness (QED) is 0.740. The summed E-state index contributed by atoms with van der Waals surface area (Å²) in [6.45, 7) is 2.31. The Morgan fingerprint density at radius 3 is 2.73 bits per heavy atom. The van der Waals surface area contributed by atoms with Crippen molar-refractivity contribution in [3.05, 3.63) is 0 Å². The van der Waals surface area contributed by atoms with Gasteiger partial charge in [-0.1, -0.05) is 0 Å². The van der Waals surface area contributed by atoms with Gasteiger partial charge in [-0.3, -0.25) is 4.79 Å². The second-order valence-electron chi connectivity index (χ2n) is 4.36. The third kappa shape index (κ3) is 2.27. The van der Waals surface area contributed by atoms with Crippen LogP contribution in [-0.2, 0) is 4.79 Å². The van der Waals surface area contributed by atoms with E-state index in [9.17, 15) is 13.6 Å². The van der Waals surface area contributed by atoms with E-state index in [1.807, 2.05) is 0 Å². The van der Waals surface area contributed by atoms with Gasteiger partial charge in [0.1, 0.15) is 0 Å². The van der Waals surface area contributed by atoms with Gasteiger partial charge in [-0.25, -0.2) is 8.78 Å². The molecule has 0 unspecified atom stereocenters. The molecule has 0 saturated carbocycles. The monoisotopic (exact) mass is 218 g/mol. The van der Waals surface area contributed by atoms with Crippen molar-refractivity contribution in [2.75, 3.05) is 26.2 Å². The third-order valence-corrected chi connectivity index (χ3v) is 3.30. The number of hydrogen-bond donors (Lipinski definition) is 1. The number of nitrogens with zero attached hydrogens (tertiary/aromatic N) is 1. The molecule has 0 radical (unpaired) electrons. The molecule has 5 heteroatoms. The van der Waals surface area contributed by atoms with Gasteiger partial charge >= 0.3 is 0 Å². The number of alkyl halides is 2. The number of amides is 1. The minimum absolute atomic E-state index is 0.0152. The van der Waals surface area contributed by atoms with Gasteiger partial charge in [0.25, 0.3) is 0 Å². The Hall–Kier alpha value is -0.710. The van der Waals surface area contributed by atoms with Crippen molar-refractivity contribution in [1.29, 1.82) is 0 Å². The third-order valence-electron chi connectivity index (χ3n) is 3.30. The zero-order chi connectivity index (χ0) is 10.8. The lowest BCUT2D eigenvalue weighted by Crippen LogP contribution is -2.35. The van der Waals surface area contributed by atoms with E-state index in [1.165, 1.54) is 0 Å². The Labute approximate surface area is 87.8 Å². The lowest BCUT2D eigenvalue weighted by molar-refractivity contribution is -0.134. The second kappa shape index (κ2) is 4.43. The summed E-state index contributed by atoms with van der Waals surface area (Å²) >= 11 is 0. The van der Waals surface area contributed by atoms with Crippen molar-refractivity contribution in [2.45, 2.75) is 19.3 Å². The van der Waals surface area contributed by atoms with Crippen LogP contribution in [0, 0.1) is 11.8 Å². The summed E-state index contributed by atoms with van der Waals surface area (Å²) < 4.78 is 24.8. The average molecular weight is 218 g/mol. The van der Waals surface area contributed by atoms with E-state index in [1.54, 1.807) is 4.90 Å². The molecule has 0 aromatic carbocycles. The lowest BCUT2D eigenvalue weighted by atomic mass is 10.1. The Morgan fingerprint density at radius 2 is 2.20 bits per heavy atom. The van der Waals surface area contributed by atoms with E-state index in [-0.39, 0.29) is 18.4 Å². The van der Waals surface area contributed by atoms with E-state index in [0.29, 0.717) is 19.5 Å². The lowest BCUT2D eigenvalue weighted by Gasteiger charge is -2.19. The number of likely N-dealkylation sites (tertiary alicyclic amines) is 1. The van der Waals surface area contributed by atoms with Crippen molar-refractivity contribution >= 4 is 5.91 Å². The molecule has 3 nitrogen and oxygen atoms in total. The van der Waals surface area contributed by atoms with E-state index in [2.05, 4.69) is 5.32 Å². The maximum Gasteiger partial charge on any atom is 0.243 e. The van der Waals surface area contributed by atoms with E-state index in [0.717, 1.165) is 13.0 Å². The van der Waals surface area contributed by atoms with Crippen molar-refractivity contribution in [3.63, 3.8) is 0 Å². The summed E-state index contributed by atoms with van der Waals surface area (Å²) in [7, 11) is 0. The molecule has 1 amide bonds. The van der Waals surface area contributed by atoms with E-state index >= 15 is 0 Å². The maximum atomic E-state index is 12.4. The van der Waals surface area contributed by atoms with Gasteiger partial charge in [-0.2, -0.15) is 0 Å². The molecule has 0 bridgehead atoms. The van der Waals surface area contributed by atoms with Crippen molar-refractivity contribution in [1.82, 2.24) is 10.2 Å². The first-order valence-electron chi connectivity index (χ1n) is 5.46.